The van der Waals surface area contributed by atoms with Crippen molar-refractivity contribution in [3.63, 3.8) is 0 Å². The highest BCUT2D eigenvalue weighted by molar-refractivity contribution is 7.14. The second-order valence-corrected chi connectivity index (χ2v) is 8.37. The second kappa shape index (κ2) is 9.35. The predicted molar refractivity (Wildman–Crippen MR) is 132 cm³/mol. The van der Waals surface area contributed by atoms with E-state index in [4.69, 9.17) is 4.98 Å². The highest BCUT2D eigenvalue weighted by Gasteiger charge is 2.09. The molecule has 2 heterocycles. The molecule has 0 radical (unpaired) electrons. The zero-order valence-electron chi connectivity index (χ0n) is 18.6. The predicted octanol–water partition coefficient (Wildman–Crippen LogP) is 6.46. The van der Waals surface area contributed by atoms with Gasteiger partial charge in [-0.05, 0) is 63.1 Å². The van der Waals surface area contributed by atoms with Crippen LogP contribution in [0.4, 0.5) is 16.5 Å². The largest absolute Gasteiger partial charge is 0.372 e. The Morgan fingerprint density at radius 3 is 2.45 bits per heavy atom. The van der Waals surface area contributed by atoms with Crippen molar-refractivity contribution in [1.82, 2.24) is 14.5 Å². The smallest absolute Gasteiger partial charge is 0.187 e. The van der Waals surface area contributed by atoms with Gasteiger partial charge in [-0.15, -0.1) is 11.3 Å². The van der Waals surface area contributed by atoms with Crippen LogP contribution in [0.2, 0.25) is 0 Å². The fourth-order valence-corrected chi connectivity index (χ4v) is 4.38. The molecule has 2 aromatic heterocycles. The molecule has 31 heavy (non-hydrogen) atoms. The Bertz CT molecular complexity index is 1140. The Morgan fingerprint density at radius 2 is 1.81 bits per heavy atom. The highest BCUT2D eigenvalue weighted by atomic mass is 32.1. The maximum absolute atomic E-state index is 4.80. The minimum atomic E-state index is 0.903. The fourth-order valence-electron chi connectivity index (χ4n) is 3.64. The average molecular weight is 432 g/mol. The molecule has 0 aliphatic carbocycles. The number of hydrogen-bond donors (Lipinski definition) is 1. The molecule has 0 saturated carbocycles. The van der Waals surface area contributed by atoms with Gasteiger partial charge in [-0.1, -0.05) is 19.1 Å². The first-order chi connectivity index (χ1) is 15.1. The molecule has 1 N–H and O–H groups in total. The SMILES string of the molecule is CCc1cn(-c2ccc(-c3csc(Nc4ccc(N(CC)CC)cc4C)n3)cc2)cn1. The van der Waals surface area contributed by atoms with Crippen molar-refractivity contribution < 1.29 is 0 Å². The summed E-state index contributed by atoms with van der Waals surface area (Å²) in [5, 5.41) is 6.49. The molecule has 0 spiro atoms. The van der Waals surface area contributed by atoms with Crippen molar-refractivity contribution in [2.24, 2.45) is 0 Å². The van der Waals surface area contributed by atoms with Crippen LogP contribution in [0.25, 0.3) is 16.9 Å². The monoisotopic (exact) mass is 431 g/mol. The molecule has 0 bridgehead atoms. The summed E-state index contributed by atoms with van der Waals surface area (Å²) in [5.41, 5.74) is 7.87. The first-order valence-electron chi connectivity index (χ1n) is 10.8. The summed E-state index contributed by atoms with van der Waals surface area (Å²) in [7, 11) is 0. The quantitative estimate of drug-likeness (QED) is 0.348. The molecule has 0 atom stereocenters. The van der Waals surface area contributed by atoms with Crippen LogP contribution in [0.1, 0.15) is 32.0 Å². The van der Waals surface area contributed by atoms with Crippen LogP contribution in [-0.4, -0.2) is 27.6 Å². The second-order valence-electron chi connectivity index (χ2n) is 7.51. The third-order valence-corrected chi connectivity index (χ3v) is 6.30. The molecule has 0 aliphatic rings. The lowest BCUT2D eigenvalue weighted by Gasteiger charge is -2.22. The number of nitrogens with zero attached hydrogens (tertiary/aromatic N) is 4. The summed E-state index contributed by atoms with van der Waals surface area (Å²) in [6.45, 7) is 10.7. The van der Waals surface area contributed by atoms with Crippen LogP contribution in [-0.2, 0) is 6.42 Å². The zero-order valence-corrected chi connectivity index (χ0v) is 19.4. The molecular formula is C25H29N5S. The molecule has 0 aliphatic heterocycles. The molecule has 0 fully saturated rings. The van der Waals surface area contributed by atoms with Gasteiger partial charge >= 0.3 is 0 Å². The molecular weight excluding hydrogens is 402 g/mol. The Morgan fingerprint density at radius 1 is 1.03 bits per heavy atom. The van der Waals surface area contributed by atoms with Crippen LogP contribution in [0.5, 0.6) is 0 Å². The van der Waals surface area contributed by atoms with Crippen LogP contribution in [0.15, 0.2) is 60.4 Å². The van der Waals surface area contributed by atoms with Crippen molar-refractivity contribution in [2.75, 3.05) is 23.3 Å². The van der Waals surface area contributed by atoms with E-state index >= 15 is 0 Å². The first kappa shape index (κ1) is 21.1. The molecule has 4 aromatic rings. The van der Waals surface area contributed by atoms with Crippen LogP contribution >= 0.6 is 11.3 Å². The molecule has 0 unspecified atom stereocenters. The third kappa shape index (κ3) is 4.64. The van der Waals surface area contributed by atoms with Gasteiger partial charge in [0.05, 0.1) is 17.7 Å². The number of imidazole rings is 1. The van der Waals surface area contributed by atoms with Crippen LogP contribution in [0, 0.1) is 6.92 Å². The number of nitrogens with one attached hydrogen (secondary N) is 1. The number of thiazole rings is 1. The van der Waals surface area contributed by atoms with E-state index in [-0.39, 0.29) is 0 Å². The summed E-state index contributed by atoms with van der Waals surface area (Å²) in [4.78, 5) is 11.6. The number of hydrogen-bond acceptors (Lipinski definition) is 5. The van der Waals surface area contributed by atoms with E-state index in [0.29, 0.717) is 0 Å². The van der Waals surface area contributed by atoms with E-state index in [1.807, 2.05) is 6.33 Å². The number of rotatable bonds is 8. The van der Waals surface area contributed by atoms with Gasteiger partial charge in [-0.2, -0.15) is 0 Å². The van der Waals surface area contributed by atoms with Gasteiger partial charge in [0.1, 0.15) is 0 Å². The van der Waals surface area contributed by atoms with Gasteiger partial charge < -0.3 is 14.8 Å². The number of anilines is 3. The molecule has 160 valence electrons. The molecule has 5 nitrogen and oxygen atoms in total. The molecule has 2 aromatic carbocycles. The minimum absolute atomic E-state index is 0.903. The van der Waals surface area contributed by atoms with E-state index in [9.17, 15) is 0 Å². The zero-order chi connectivity index (χ0) is 21.8. The van der Waals surface area contributed by atoms with Gasteiger partial charge in [-0.3, -0.25) is 0 Å². The van der Waals surface area contributed by atoms with Crippen molar-refractivity contribution in [1.29, 1.82) is 0 Å². The van der Waals surface area contributed by atoms with E-state index < -0.39 is 0 Å². The minimum Gasteiger partial charge on any atom is -0.372 e. The number of aryl methyl sites for hydroxylation is 2. The van der Waals surface area contributed by atoms with E-state index in [1.54, 1.807) is 11.3 Å². The van der Waals surface area contributed by atoms with Gasteiger partial charge in [0.2, 0.25) is 0 Å². The maximum Gasteiger partial charge on any atom is 0.187 e. The summed E-state index contributed by atoms with van der Waals surface area (Å²) >= 11 is 1.63. The summed E-state index contributed by atoms with van der Waals surface area (Å²) in [6.07, 6.45) is 4.89. The molecule has 4 rings (SSSR count). The van der Waals surface area contributed by atoms with Crippen LogP contribution < -0.4 is 10.2 Å². The third-order valence-electron chi connectivity index (χ3n) is 5.54. The van der Waals surface area contributed by atoms with Crippen LogP contribution in [0.3, 0.4) is 0 Å². The topological polar surface area (TPSA) is 46.0 Å². The van der Waals surface area contributed by atoms with E-state index in [0.717, 1.165) is 53.0 Å². The van der Waals surface area contributed by atoms with E-state index in [2.05, 4.69) is 102 Å². The van der Waals surface area contributed by atoms with E-state index in [1.165, 1.54) is 11.3 Å². The fraction of sp³-hybridized carbons (Fsp3) is 0.280. The van der Waals surface area contributed by atoms with Gasteiger partial charge in [-0.25, -0.2) is 9.97 Å². The summed E-state index contributed by atoms with van der Waals surface area (Å²) in [5.74, 6) is 0. The molecule has 0 saturated heterocycles. The Balaban J connectivity index is 1.48. The van der Waals surface area contributed by atoms with Crippen molar-refractivity contribution in [3.8, 4) is 16.9 Å². The Labute approximate surface area is 188 Å². The summed E-state index contributed by atoms with van der Waals surface area (Å²) in [6, 6.07) is 15.0. The highest BCUT2D eigenvalue weighted by Crippen LogP contribution is 2.30. The number of benzene rings is 2. The average Bonchev–Trinajstić information content (AvgIpc) is 3.46. The normalized spacial score (nSPS) is 11.0. The lowest BCUT2D eigenvalue weighted by Crippen LogP contribution is -2.21. The summed E-state index contributed by atoms with van der Waals surface area (Å²) < 4.78 is 2.06. The first-order valence-corrected chi connectivity index (χ1v) is 11.7. The van der Waals surface area contributed by atoms with Crippen molar-refractivity contribution in [3.05, 3.63) is 71.6 Å². The van der Waals surface area contributed by atoms with Crippen molar-refractivity contribution >= 4 is 27.8 Å². The Hall–Kier alpha value is -3.12. The molecule has 0 amide bonds. The van der Waals surface area contributed by atoms with Gasteiger partial charge in [0, 0.05) is 47.3 Å². The van der Waals surface area contributed by atoms with Gasteiger partial charge in [0.15, 0.2) is 5.13 Å². The van der Waals surface area contributed by atoms with Crippen molar-refractivity contribution in [2.45, 2.75) is 34.1 Å². The molecule has 6 heteroatoms. The maximum atomic E-state index is 4.80. The lowest BCUT2D eigenvalue weighted by atomic mass is 10.1. The Kier molecular flexibility index (Phi) is 6.37. The lowest BCUT2D eigenvalue weighted by molar-refractivity contribution is 0.866. The van der Waals surface area contributed by atoms with Gasteiger partial charge in [0.25, 0.3) is 0 Å². The number of aromatic nitrogens is 3. The standard InChI is InChI=1S/C25H29N5S/c1-5-20-15-30(17-26-20)21-10-8-19(9-11-21)24-16-31-25(28-24)27-23-13-12-22(14-18(23)4)29(6-2)7-3/h8-17H,5-7H2,1-4H3,(H,27,28).